The van der Waals surface area contributed by atoms with Crippen LogP contribution in [-0.2, 0) is 20.6 Å². The molecule has 0 saturated carbocycles. The molecule has 2 aromatic rings. The average molecular weight is 247 g/mol. The van der Waals surface area contributed by atoms with Crippen LogP contribution in [0.3, 0.4) is 0 Å². The van der Waals surface area contributed by atoms with Crippen LogP contribution in [0.2, 0.25) is 0 Å². The molecule has 0 saturated heterocycles. The molecule has 0 aliphatic rings. The zero-order valence-electron chi connectivity index (χ0n) is 10.1. The fraction of sp³-hybridized carbons (Fsp3) is 0.273. The third kappa shape index (κ3) is 2.29. The zero-order chi connectivity index (χ0) is 13.1. The molecule has 2 aromatic heterocycles. The predicted molar refractivity (Wildman–Crippen MR) is 66.3 cm³/mol. The molecule has 7 nitrogen and oxygen atoms in total. The van der Waals surface area contributed by atoms with Gasteiger partial charge in [-0.1, -0.05) is 6.07 Å². The van der Waals surface area contributed by atoms with Gasteiger partial charge in [0.2, 0.25) is 5.82 Å². The Hall–Kier alpha value is -2.44. The summed E-state index contributed by atoms with van der Waals surface area (Å²) in [7, 11) is 2.92. The third-order valence-corrected chi connectivity index (χ3v) is 2.50. The van der Waals surface area contributed by atoms with Crippen molar-refractivity contribution >= 4 is 5.82 Å². The van der Waals surface area contributed by atoms with Gasteiger partial charge in [-0.25, -0.2) is 9.48 Å². The highest BCUT2D eigenvalue weighted by atomic mass is 16.2. The molecule has 1 N–H and O–H groups in total. The molecule has 2 rings (SSSR count). The largest absolute Gasteiger partial charge is 0.360 e. The second kappa shape index (κ2) is 4.82. The summed E-state index contributed by atoms with van der Waals surface area (Å²) in [6.45, 7) is 0.425. The quantitative estimate of drug-likeness (QED) is 0.789. The van der Waals surface area contributed by atoms with E-state index in [0.29, 0.717) is 6.54 Å². The van der Waals surface area contributed by atoms with Crippen LogP contribution in [0, 0.1) is 0 Å². The minimum Gasteiger partial charge on any atom is -0.360 e. The number of pyridine rings is 1. The lowest BCUT2D eigenvalue weighted by molar-refractivity contribution is 0.604. The Kier molecular flexibility index (Phi) is 3.22. The zero-order valence-corrected chi connectivity index (χ0v) is 10.1. The Bertz CT molecular complexity index is 659. The molecule has 0 radical (unpaired) electrons. The summed E-state index contributed by atoms with van der Waals surface area (Å²) in [5.74, 6) is 0.142. The van der Waals surface area contributed by atoms with Crippen molar-refractivity contribution < 1.29 is 0 Å². The SMILES string of the molecule is Cn1nc(NCc2cccnc2)c(=O)n(C)c1=O. The first-order chi connectivity index (χ1) is 8.59. The molecule has 0 bridgehead atoms. The van der Waals surface area contributed by atoms with Crippen LogP contribution >= 0.6 is 0 Å². The molecule has 7 heteroatoms. The number of hydrogen-bond donors (Lipinski definition) is 1. The topological polar surface area (TPSA) is 81.8 Å². The summed E-state index contributed by atoms with van der Waals surface area (Å²) >= 11 is 0. The highest BCUT2D eigenvalue weighted by molar-refractivity contribution is 5.31. The number of aryl methyl sites for hydroxylation is 1. The monoisotopic (exact) mass is 247 g/mol. The van der Waals surface area contributed by atoms with Crippen molar-refractivity contribution in [3.05, 3.63) is 50.9 Å². The van der Waals surface area contributed by atoms with Crippen molar-refractivity contribution in [2.75, 3.05) is 5.32 Å². The number of aromatic nitrogens is 4. The molecule has 18 heavy (non-hydrogen) atoms. The van der Waals surface area contributed by atoms with Crippen molar-refractivity contribution in [1.29, 1.82) is 0 Å². The van der Waals surface area contributed by atoms with E-state index in [9.17, 15) is 9.59 Å². The van der Waals surface area contributed by atoms with Gasteiger partial charge in [-0.3, -0.25) is 14.3 Å². The molecule has 94 valence electrons. The second-order valence-electron chi connectivity index (χ2n) is 3.83. The molecule has 0 aliphatic carbocycles. The lowest BCUT2D eigenvalue weighted by atomic mass is 10.3. The van der Waals surface area contributed by atoms with Crippen LogP contribution in [0.15, 0.2) is 34.1 Å². The fourth-order valence-electron chi connectivity index (χ4n) is 1.50. The smallest absolute Gasteiger partial charge is 0.346 e. The summed E-state index contributed by atoms with van der Waals surface area (Å²) in [5.41, 5.74) is 0.0316. The fourth-order valence-corrected chi connectivity index (χ4v) is 1.50. The first-order valence-corrected chi connectivity index (χ1v) is 5.36. The van der Waals surface area contributed by atoms with E-state index >= 15 is 0 Å². The van der Waals surface area contributed by atoms with Crippen molar-refractivity contribution in [2.24, 2.45) is 14.1 Å². The Balaban J connectivity index is 2.26. The molecule has 0 fully saturated rings. The van der Waals surface area contributed by atoms with Crippen LogP contribution in [0.4, 0.5) is 5.82 Å². The molecule has 0 amide bonds. The minimum absolute atomic E-state index is 0.142. The summed E-state index contributed by atoms with van der Waals surface area (Å²) in [4.78, 5) is 27.2. The Labute approximate surface area is 103 Å². The van der Waals surface area contributed by atoms with Gasteiger partial charge in [-0.05, 0) is 11.6 Å². The molecule has 0 aliphatic heterocycles. The van der Waals surface area contributed by atoms with E-state index in [4.69, 9.17) is 0 Å². The van der Waals surface area contributed by atoms with E-state index in [2.05, 4.69) is 15.4 Å². The van der Waals surface area contributed by atoms with E-state index < -0.39 is 11.2 Å². The third-order valence-electron chi connectivity index (χ3n) is 2.50. The van der Waals surface area contributed by atoms with Crippen LogP contribution in [0.1, 0.15) is 5.56 Å². The van der Waals surface area contributed by atoms with Gasteiger partial charge < -0.3 is 5.32 Å². The minimum atomic E-state index is -0.452. The number of anilines is 1. The molecule has 0 atom stereocenters. The van der Waals surface area contributed by atoms with Gasteiger partial charge in [-0.15, -0.1) is 5.10 Å². The Morgan fingerprint density at radius 1 is 1.33 bits per heavy atom. The van der Waals surface area contributed by atoms with Gasteiger partial charge in [0.25, 0.3) is 5.56 Å². The van der Waals surface area contributed by atoms with Crippen molar-refractivity contribution in [2.45, 2.75) is 6.54 Å². The second-order valence-corrected chi connectivity index (χ2v) is 3.83. The maximum absolute atomic E-state index is 11.8. The number of hydrogen-bond acceptors (Lipinski definition) is 5. The number of rotatable bonds is 3. The molecular formula is C11H13N5O2. The maximum atomic E-state index is 11.8. The van der Waals surface area contributed by atoms with Crippen molar-refractivity contribution in [3.63, 3.8) is 0 Å². The van der Waals surface area contributed by atoms with Gasteiger partial charge >= 0.3 is 5.69 Å². The molecule has 0 spiro atoms. The first-order valence-electron chi connectivity index (χ1n) is 5.36. The molecule has 2 heterocycles. The van der Waals surface area contributed by atoms with Crippen molar-refractivity contribution in [1.82, 2.24) is 19.3 Å². The van der Waals surface area contributed by atoms with Gasteiger partial charge in [0.15, 0.2) is 0 Å². The molecule has 0 aromatic carbocycles. The Morgan fingerprint density at radius 3 is 2.78 bits per heavy atom. The first kappa shape index (κ1) is 12.0. The number of nitrogens with one attached hydrogen (secondary N) is 1. The van der Waals surface area contributed by atoms with E-state index in [0.717, 1.165) is 14.8 Å². The van der Waals surface area contributed by atoms with Gasteiger partial charge in [0, 0.05) is 33.0 Å². The standard InChI is InChI=1S/C11H13N5O2/c1-15-10(17)9(14-16(2)11(15)18)13-7-8-4-3-5-12-6-8/h3-6H,7H2,1-2H3,(H,13,14). The summed E-state index contributed by atoms with van der Waals surface area (Å²) in [6.07, 6.45) is 3.37. The summed E-state index contributed by atoms with van der Waals surface area (Å²) in [5, 5.41) is 6.78. The van der Waals surface area contributed by atoms with Gasteiger partial charge in [-0.2, -0.15) is 0 Å². The van der Waals surface area contributed by atoms with Crippen molar-refractivity contribution in [3.8, 4) is 0 Å². The average Bonchev–Trinajstić information content (AvgIpc) is 2.40. The number of nitrogens with zero attached hydrogens (tertiary/aromatic N) is 4. The lowest BCUT2D eigenvalue weighted by Gasteiger charge is -2.07. The lowest BCUT2D eigenvalue weighted by Crippen LogP contribution is -2.39. The van der Waals surface area contributed by atoms with E-state index in [1.165, 1.54) is 14.1 Å². The predicted octanol–water partition coefficient (Wildman–Crippen LogP) is -0.514. The Morgan fingerprint density at radius 2 is 2.11 bits per heavy atom. The van der Waals surface area contributed by atoms with Crippen LogP contribution < -0.4 is 16.6 Å². The van der Waals surface area contributed by atoms with Crippen LogP contribution in [0.25, 0.3) is 0 Å². The van der Waals surface area contributed by atoms with Gasteiger partial charge in [0.1, 0.15) is 0 Å². The maximum Gasteiger partial charge on any atom is 0.346 e. The normalized spacial score (nSPS) is 10.3. The van der Waals surface area contributed by atoms with Crippen LogP contribution in [-0.4, -0.2) is 19.3 Å². The molecule has 0 unspecified atom stereocenters. The summed E-state index contributed by atoms with van der Waals surface area (Å²) in [6, 6.07) is 3.69. The molecular weight excluding hydrogens is 234 g/mol. The van der Waals surface area contributed by atoms with E-state index in [1.807, 2.05) is 12.1 Å². The summed E-state index contributed by atoms with van der Waals surface area (Å²) < 4.78 is 2.13. The highest BCUT2D eigenvalue weighted by Crippen LogP contribution is 1.98. The van der Waals surface area contributed by atoms with Crippen LogP contribution in [0.5, 0.6) is 0 Å². The highest BCUT2D eigenvalue weighted by Gasteiger charge is 2.07. The van der Waals surface area contributed by atoms with E-state index in [-0.39, 0.29) is 5.82 Å². The van der Waals surface area contributed by atoms with E-state index in [1.54, 1.807) is 12.4 Å². The van der Waals surface area contributed by atoms with Gasteiger partial charge in [0.05, 0.1) is 0 Å².